The molecule has 1 aromatic heterocycles. The first-order chi connectivity index (χ1) is 14.1. The van der Waals surface area contributed by atoms with E-state index in [9.17, 15) is 32.5 Å². The molecule has 1 aliphatic heterocycles. The fourth-order valence-corrected chi connectivity index (χ4v) is 4.03. The number of pyridine rings is 1. The number of anilines is 1. The maximum Gasteiger partial charge on any atom is 0.391 e. The lowest BCUT2D eigenvalue weighted by atomic mass is 9.85. The topological polar surface area (TPSA) is 123 Å². The monoisotopic (exact) mass is 433 g/mol. The SMILES string of the molecule is Nc1nc(C2CC(F)CCN2)c(C(=O)NC2CCC(C(F)(F)F)CC2)cc1[N+](=O)[O-]. The summed E-state index contributed by atoms with van der Waals surface area (Å²) in [6.45, 7) is 0.340. The van der Waals surface area contributed by atoms with Gasteiger partial charge < -0.3 is 16.4 Å². The van der Waals surface area contributed by atoms with Gasteiger partial charge in [0, 0.05) is 12.1 Å². The Kier molecular flexibility index (Phi) is 6.44. The average molecular weight is 433 g/mol. The fraction of sp³-hybridized carbons (Fsp3) is 0.667. The van der Waals surface area contributed by atoms with Gasteiger partial charge in [-0.15, -0.1) is 0 Å². The van der Waals surface area contributed by atoms with Crippen LogP contribution in [0.3, 0.4) is 0 Å². The number of halogens is 4. The summed E-state index contributed by atoms with van der Waals surface area (Å²) in [6.07, 6.45) is -4.98. The number of nitro groups is 1. The molecular formula is C18H23F4N5O3. The fourth-order valence-electron chi connectivity index (χ4n) is 4.03. The minimum atomic E-state index is -4.26. The molecule has 0 spiro atoms. The Hall–Kier alpha value is -2.50. The van der Waals surface area contributed by atoms with Crippen LogP contribution in [0.5, 0.6) is 0 Å². The van der Waals surface area contributed by atoms with E-state index < -0.39 is 46.9 Å². The van der Waals surface area contributed by atoms with Crippen LogP contribution in [0.2, 0.25) is 0 Å². The third-order valence-corrected chi connectivity index (χ3v) is 5.70. The third kappa shape index (κ3) is 4.97. The highest BCUT2D eigenvalue weighted by atomic mass is 19.4. The van der Waals surface area contributed by atoms with E-state index in [0.717, 1.165) is 6.07 Å². The van der Waals surface area contributed by atoms with Crippen LogP contribution >= 0.6 is 0 Å². The van der Waals surface area contributed by atoms with Crippen molar-refractivity contribution in [3.05, 3.63) is 27.4 Å². The maximum atomic E-state index is 13.9. The zero-order valence-corrected chi connectivity index (χ0v) is 16.0. The number of alkyl halides is 4. The molecule has 1 amide bonds. The van der Waals surface area contributed by atoms with Crippen LogP contribution in [0.15, 0.2) is 6.07 Å². The highest BCUT2D eigenvalue weighted by molar-refractivity contribution is 5.96. The Morgan fingerprint density at radius 2 is 1.93 bits per heavy atom. The normalized spacial score (nSPS) is 27.5. The van der Waals surface area contributed by atoms with Crippen LogP contribution in [0.1, 0.15) is 60.6 Å². The van der Waals surface area contributed by atoms with Crippen molar-refractivity contribution in [1.29, 1.82) is 0 Å². The predicted octanol–water partition coefficient (Wildman–Crippen LogP) is 3.19. The summed E-state index contributed by atoms with van der Waals surface area (Å²) in [6, 6.07) is -0.148. The molecule has 0 bridgehead atoms. The van der Waals surface area contributed by atoms with E-state index in [0.29, 0.717) is 13.0 Å². The third-order valence-electron chi connectivity index (χ3n) is 5.70. The standard InChI is InChI=1S/C18H23F4N5O3/c19-10-5-6-24-13(7-10)15-12(8-14(27(29)30)16(23)26-15)17(28)25-11-3-1-9(2-4-11)18(20,21)22/h8-11,13,24H,1-7H2,(H2,23,26)(H,25,28). The minimum absolute atomic E-state index is 0.0290. The highest BCUT2D eigenvalue weighted by Crippen LogP contribution is 2.38. The summed E-state index contributed by atoms with van der Waals surface area (Å²) in [5.74, 6) is -2.48. The molecule has 1 aromatic rings. The quantitative estimate of drug-likeness (QED) is 0.381. The van der Waals surface area contributed by atoms with Gasteiger partial charge in [0.15, 0.2) is 0 Å². The average Bonchev–Trinajstić information content (AvgIpc) is 2.67. The van der Waals surface area contributed by atoms with Gasteiger partial charge in [-0.3, -0.25) is 14.9 Å². The number of carbonyl (C=O) groups excluding carboxylic acids is 1. The number of piperidine rings is 1. The molecule has 2 aliphatic rings. The van der Waals surface area contributed by atoms with Crippen molar-refractivity contribution in [3.63, 3.8) is 0 Å². The first-order valence-electron chi connectivity index (χ1n) is 9.76. The Labute approximate surface area is 169 Å². The van der Waals surface area contributed by atoms with Crippen molar-refractivity contribution >= 4 is 17.4 Å². The molecule has 1 aliphatic carbocycles. The Balaban J connectivity index is 1.81. The van der Waals surface area contributed by atoms with Crippen LogP contribution < -0.4 is 16.4 Å². The molecule has 4 N–H and O–H groups in total. The van der Waals surface area contributed by atoms with E-state index in [4.69, 9.17) is 5.73 Å². The summed E-state index contributed by atoms with van der Waals surface area (Å²) in [5.41, 5.74) is 5.08. The van der Waals surface area contributed by atoms with E-state index in [1.54, 1.807) is 0 Å². The lowest BCUT2D eigenvalue weighted by molar-refractivity contribution is -0.384. The van der Waals surface area contributed by atoms with Crippen molar-refractivity contribution in [2.75, 3.05) is 12.3 Å². The Bertz CT molecular complexity index is 812. The minimum Gasteiger partial charge on any atom is -0.378 e. The van der Waals surface area contributed by atoms with Crippen molar-refractivity contribution in [3.8, 4) is 0 Å². The molecule has 1 saturated heterocycles. The van der Waals surface area contributed by atoms with Gasteiger partial charge in [-0.25, -0.2) is 9.37 Å². The molecule has 0 aromatic carbocycles. The molecular weight excluding hydrogens is 410 g/mol. The first kappa shape index (κ1) is 22.2. The zero-order valence-electron chi connectivity index (χ0n) is 16.0. The van der Waals surface area contributed by atoms with Crippen molar-refractivity contribution < 1.29 is 27.3 Å². The molecule has 2 fully saturated rings. The largest absolute Gasteiger partial charge is 0.391 e. The number of nitrogens with one attached hydrogen (secondary N) is 2. The number of hydrogen-bond donors (Lipinski definition) is 3. The van der Waals surface area contributed by atoms with E-state index in [1.807, 2.05) is 0 Å². The molecule has 30 heavy (non-hydrogen) atoms. The predicted molar refractivity (Wildman–Crippen MR) is 99.4 cm³/mol. The van der Waals surface area contributed by atoms with Gasteiger partial charge in [-0.05, 0) is 45.1 Å². The van der Waals surface area contributed by atoms with E-state index >= 15 is 0 Å². The highest BCUT2D eigenvalue weighted by Gasteiger charge is 2.41. The van der Waals surface area contributed by atoms with Crippen molar-refractivity contribution in [2.45, 2.75) is 63.0 Å². The van der Waals surface area contributed by atoms with Gasteiger partial charge in [0.1, 0.15) is 6.17 Å². The van der Waals surface area contributed by atoms with Gasteiger partial charge in [0.25, 0.3) is 5.91 Å². The molecule has 2 heterocycles. The van der Waals surface area contributed by atoms with Crippen molar-refractivity contribution in [2.24, 2.45) is 5.92 Å². The second-order valence-electron chi connectivity index (χ2n) is 7.77. The van der Waals surface area contributed by atoms with Gasteiger partial charge in [0.2, 0.25) is 5.82 Å². The van der Waals surface area contributed by atoms with E-state index in [1.165, 1.54) is 0 Å². The lowest BCUT2D eigenvalue weighted by Crippen LogP contribution is -2.41. The summed E-state index contributed by atoms with van der Waals surface area (Å²) >= 11 is 0. The number of amides is 1. The number of rotatable bonds is 4. The summed E-state index contributed by atoms with van der Waals surface area (Å²) in [7, 11) is 0. The number of nitrogens with two attached hydrogens (primary N) is 1. The van der Waals surface area contributed by atoms with Gasteiger partial charge >= 0.3 is 11.9 Å². The van der Waals surface area contributed by atoms with Crippen molar-refractivity contribution in [1.82, 2.24) is 15.6 Å². The molecule has 0 radical (unpaired) electrons. The Morgan fingerprint density at radius 1 is 1.27 bits per heavy atom. The Morgan fingerprint density at radius 3 is 2.50 bits per heavy atom. The summed E-state index contributed by atoms with van der Waals surface area (Å²) in [4.78, 5) is 27.3. The molecule has 2 atom stereocenters. The van der Waals surface area contributed by atoms with Crippen LogP contribution in [0.4, 0.5) is 29.1 Å². The molecule has 8 nitrogen and oxygen atoms in total. The lowest BCUT2D eigenvalue weighted by Gasteiger charge is -2.31. The number of aromatic nitrogens is 1. The number of nitrogen functional groups attached to an aromatic ring is 1. The summed E-state index contributed by atoms with van der Waals surface area (Å²) in [5, 5.41) is 16.9. The molecule has 3 rings (SSSR count). The van der Waals surface area contributed by atoms with E-state index in [2.05, 4.69) is 15.6 Å². The number of nitrogens with zero attached hydrogens (tertiary/aromatic N) is 2. The van der Waals surface area contributed by atoms with Crippen LogP contribution in [0, 0.1) is 16.0 Å². The summed E-state index contributed by atoms with van der Waals surface area (Å²) < 4.78 is 52.4. The van der Waals surface area contributed by atoms with Gasteiger partial charge in [-0.2, -0.15) is 13.2 Å². The second kappa shape index (κ2) is 8.70. The van der Waals surface area contributed by atoms with Crippen LogP contribution in [-0.2, 0) is 0 Å². The maximum absolute atomic E-state index is 13.9. The van der Waals surface area contributed by atoms with E-state index in [-0.39, 0.29) is 49.2 Å². The molecule has 1 saturated carbocycles. The van der Waals surface area contributed by atoms with Crippen LogP contribution in [-0.4, -0.2) is 40.7 Å². The zero-order chi connectivity index (χ0) is 22.1. The smallest absolute Gasteiger partial charge is 0.378 e. The molecule has 2 unspecified atom stereocenters. The molecule has 166 valence electrons. The first-order valence-corrected chi connectivity index (χ1v) is 9.76. The number of hydrogen-bond acceptors (Lipinski definition) is 6. The van der Waals surface area contributed by atoms with Gasteiger partial charge in [0.05, 0.1) is 28.1 Å². The van der Waals surface area contributed by atoms with Crippen LogP contribution in [0.25, 0.3) is 0 Å². The molecule has 12 heteroatoms. The number of carbonyl (C=O) groups is 1. The second-order valence-corrected chi connectivity index (χ2v) is 7.77. The van der Waals surface area contributed by atoms with Gasteiger partial charge in [-0.1, -0.05) is 0 Å².